The number of amides is 1. The number of carbonyl (C=O) groups is 2. The Kier molecular flexibility index (Phi) is 6.18. The number of methoxy groups -OCH3 is 1. The van der Waals surface area contributed by atoms with Gasteiger partial charge in [0.2, 0.25) is 10.0 Å². The summed E-state index contributed by atoms with van der Waals surface area (Å²) in [4.78, 5) is 26.2. The molecule has 0 radical (unpaired) electrons. The summed E-state index contributed by atoms with van der Waals surface area (Å²) in [6.45, 7) is 3.95. The highest BCUT2D eigenvalue weighted by molar-refractivity contribution is 7.89. The van der Waals surface area contributed by atoms with Gasteiger partial charge in [-0.3, -0.25) is 4.79 Å². The van der Waals surface area contributed by atoms with Gasteiger partial charge in [-0.1, -0.05) is 0 Å². The molecule has 1 aliphatic rings. The van der Waals surface area contributed by atoms with Crippen molar-refractivity contribution in [1.82, 2.24) is 9.62 Å². The first-order valence-electron chi connectivity index (χ1n) is 8.27. The Balaban J connectivity index is 2.21. The van der Waals surface area contributed by atoms with Crippen LogP contribution >= 0.6 is 0 Å². The van der Waals surface area contributed by atoms with Crippen LogP contribution in [0.1, 0.15) is 43.5 Å². The molecule has 0 aromatic heterocycles. The van der Waals surface area contributed by atoms with Crippen molar-refractivity contribution in [1.29, 1.82) is 0 Å². The molecule has 2 rings (SSSR count). The molecule has 1 aromatic rings. The van der Waals surface area contributed by atoms with E-state index in [1.54, 1.807) is 13.8 Å². The Hall–Kier alpha value is -1.93. The molecule has 138 valence electrons. The molecule has 0 aliphatic carbocycles. The molecule has 1 aliphatic heterocycles. The first-order valence-corrected chi connectivity index (χ1v) is 9.76. The SMILES string of the molecule is COC(=O)C1CCCCN1C(=O)c1ccc(S(=O)(=O)NC(C)C)cc1. The van der Waals surface area contributed by atoms with Crippen molar-refractivity contribution in [3.05, 3.63) is 29.8 Å². The Morgan fingerprint density at radius 3 is 2.40 bits per heavy atom. The van der Waals surface area contributed by atoms with Crippen LogP contribution in [0.5, 0.6) is 0 Å². The van der Waals surface area contributed by atoms with Gasteiger partial charge in [-0.05, 0) is 57.4 Å². The third-order valence-electron chi connectivity index (χ3n) is 4.04. The fraction of sp³-hybridized carbons (Fsp3) is 0.529. The fourth-order valence-corrected chi connectivity index (χ4v) is 4.13. The maximum Gasteiger partial charge on any atom is 0.328 e. The maximum absolute atomic E-state index is 12.7. The minimum atomic E-state index is -3.60. The van der Waals surface area contributed by atoms with Gasteiger partial charge < -0.3 is 9.64 Å². The number of sulfonamides is 1. The molecule has 1 heterocycles. The number of ether oxygens (including phenoxy) is 1. The monoisotopic (exact) mass is 368 g/mol. The molecular formula is C17H24N2O5S. The van der Waals surface area contributed by atoms with Crippen molar-refractivity contribution in [3.8, 4) is 0 Å². The zero-order valence-electron chi connectivity index (χ0n) is 14.7. The summed E-state index contributed by atoms with van der Waals surface area (Å²) < 4.78 is 31.6. The summed E-state index contributed by atoms with van der Waals surface area (Å²) >= 11 is 0. The van der Waals surface area contributed by atoms with Gasteiger partial charge in [-0.25, -0.2) is 17.9 Å². The zero-order chi connectivity index (χ0) is 18.6. The van der Waals surface area contributed by atoms with E-state index in [9.17, 15) is 18.0 Å². The van der Waals surface area contributed by atoms with Crippen LogP contribution in [0, 0.1) is 0 Å². The summed E-state index contributed by atoms with van der Waals surface area (Å²) in [5.74, 6) is -0.718. The molecule has 1 amide bonds. The van der Waals surface area contributed by atoms with Crippen molar-refractivity contribution < 1.29 is 22.7 Å². The van der Waals surface area contributed by atoms with Gasteiger partial charge in [-0.2, -0.15) is 0 Å². The van der Waals surface area contributed by atoms with E-state index < -0.39 is 22.0 Å². The van der Waals surface area contributed by atoms with Gasteiger partial charge in [0.15, 0.2) is 0 Å². The van der Waals surface area contributed by atoms with Crippen LogP contribution in [0.4, 0.5) is 0 Å². The third kappa shape index (κ3) is 4.58. The molecule has 8 heteroatoms. The van der Waals surface area contributed by atoms with Crippen molar-refractivity contribution >= 4 is 21.9 Å². The van der Waals surface area contributed by atoms with Gasteiger partial charge in [0, 0.05) is 18.2 Å². The molecule has 1 unspecified atom stereocenters. The molecule has 0 spiro atoms. The van der Waals surface area contributed by atoms with Gasteiger partial charge in [0.05, 0.1) is 12.0 Å². The molecule has 0 bridgehead atoms. The molecule has 1 aromatic carbocycles. The van der Waals surface area contributed by atoms with Crippen molar-refractivity contribution in [2.24, 2.45) is 0 Å². The topological polar surface area (TPSA) is 92.8 Å². The number of carbonyl (C=O) groups excluding carboxylic acids is 2. The number of rotatable bonds is 5. The average molecular weight is 368 g/mol. The first kappa shape index (κ1) is 19.4. The number of benzene rings is 1. The lowest BCUT2D eigenvalue weighted by Gasteiger charge is -2.33. The molecule has 1 N–H and O–H groups in total. The van der Waals surface area contributed by atoms with E-state index in [0.29, 0.717) is 18.5 Å². The fourth-order valence-electron chi connectivity index (χ4n) is 2.88. The largest absolute Gasteiger partial charge is 0.467 e. The van der Waals surface area contributed by atoms with E-state index in [4.69, 9.17) is 4.74 Å². The van der Waals surface area contributed by atoms with Gasteiger partial charge in [0.1, 0.15) is 6.04 Å². The highest BCUT2D eigenvalue weighted by atomic mass is 32.2. The second kappa shape index (κ2) is 7.97. The lowest BCUT2D eigenvalue weighted by Crippen LogP contribution is -2.48. The number of piperidine rings is 1. The molecule has 0 saturated carbocycles. The lowest BCUT2D eigenvalue weighted by molar-refractivity contribution is -0.147. The van der Waals surface area contributed by atoms with E-state index in [2.05, 4.69) is 4.72 Å². The van der Waals surface area contributed by atoms with E-state index in [1.165, 1.54) is 36.3 Å². The highest BCUT2D eigenvalue weighted by Gasteiger charge is 2.33. The molecular weight excluding hydrogens is 344 g/mol. The molecule has 7 nitrogen and oxygen atoms in total. The molecule has 1 atom stereocenters. The summed E-state index contributed by atoms with van der Waals surface area (Å²) in [5.41, 5.74) is 0.347. The number of hydrogen-bond donors (Lipinski definition) is 1. The van der Waals surface area contributed by atoms with Crippen molar-refractivity contribution in [2.75, 3.05) is 13.7 Å². The summed E-state index contributed by atoms with van der Waals surface area (Å²) in [7, 11) is -2.30. The Labute approximate surface area is 148 Å². The number of likely N-dealkylation sites (tertiary alicyclic amines) is 1. The third-order valence-corrected chi connectivity index (χ3v) is 5.71. The second-order valence-corrected chi connectivity index (χ2v) is 8.05. The Bertz CT molecular complexity index is 728. The van der Waals surface area contributed by atoms with Crippen LogP contribution in [-0.2, 0) is 19.6 Å². The lowest BCUT2D eigenvalue weighted by atomic mass is 10.0. The van der Waals surface area contributed by atoms with Crippen LogP contribution in [0.15, 0.2) is 29.2 Å². The second-order valence-electron chi connectivity index (χ2n) is 6.33. The summed E-state index contributed by atoms with van der Waals surface area (Å²) in [6, 6.07) is 4.93. The average Bonchev–Trinajstić information content (AvgIpc) is 2.59. The maximum atomic E-state index is 12.7. The van der Waals surface area contributed by atoms with E-state index in [0.717, 1.165) is 12.8 Å². The quantitative estimate of drug-likeness (QED) is 0.796. The normalized spacial score (nSPS) is 18.2. The highest BCUT2D eigenvalue weighted by Crippen LogP contribution is 2.21. The standard InChI is InChI=1S/C17H24N2O5S/c1-12(2)18-25(22,23)14-9-7-13(8-10-14)16(20)19-11-5-4-6-15(19)17(21)24-3/h7-10,12,15,18H,4-6,11H2,1-3H3. The first-order chi connectivity index (χ1) is 11.8. The van der Waals surface area contributed by atoms with Crippen molar-refractivity contribution in [2.45, 2.75) is 50.1 Å². The summed E-state index contributed by atoms with van der Waals surface area (Å²) in [6.07, 6.45) is 2.26. The van der Waals surface area contributed by atoms with Crippen LogP contribution in [0.3, 0.4) is 0 Å². The van der Waals surface area contributed by atoms with Gasteiger partial charge in [-0.15, -0.1) is 0 Å². The van der Waals surface area contributed by atoms with E-state index in [1.807, 2.05) is 0 Å². The van der Waals surface area contributed by atoms with Crippen LogP contribution < -0.4 is 4.72 Å². The van der Waals surface area contributed by atoms with Gasteiger partial charge in [0.25, 0.3) is 5.91 Å². The summed E-state index contributed by atoms with van der Waals surface area (Å²) in [5, 5.41) is 0. The Morgan fingerprint density at radius 2 is 1.84 bits per heavy atom. The number of nitrogens with zero attached hydrogens (tertiary/aromatic N) is 1. The van der Waals surface area contributed by atoms with Crippen LogP contribution in [0.2, 0.25) is 0 Å². The molecule has 1 saturated heterocycles. The van der Waals surface area contributed by atoms with Crippen LogP contribution in [-0.4, -0.2) is 50.9 Å². The minimum Gasteiger partial charge on any atom is -0.467 e. The smallest absolute Gasteiger partial charge is 0.328 e. The Morgan fingerprint density at radius 1 is 1.20 bits per heavy atom. The predicted octanol–water partition coefficient (Wildman–Crippen LogP) is 1.54. The zero-order valence-corrected chi connectivity index (χ0v) is 15.5. The number of hydrogen-bond acceptors (Lipinski definition) is 5. The van der Waals surface area contributed by atoms with E-state index in [-0.39, 0.29) is 16.8 Å². The number of esters is 1. The minimum absolute atomic E-state index is 0.0981. The van der Waals surface area contributed by atoms with E-state index >= 15 is 0 Å². The molecule has 1 fully saturated rings. The van der Waals surface area contributed by atoms with Gasteiger partial charge >= 0.3 is 5.97 Å². The number of nitrogens with one attached hydrogen (secondary N) is 1. The van der Waals surface area contributed by atoms with Crippen molar-refractivity contribution in [3.63, 3.8) is 0 Å². The predicted molar refractivity (Wildman–Crippen MR) is 92.6 cm³/mol. The molecule has 25 heavy (non-hydrogen) atoms. The van der Waals surface area contributed by atoms with Crippen LogP contribution in [0.25, 0.3) is 0 Å².